The van der Waals surface area contributed by atoms with Crippen LogP contribution in [0, 0.1) is 0 Å². The number of carbonyl (C=O) groups excluding carboxylic acids is 1. The zero-order valence-electron chi connectivity index (χ0n) is 14.8. The van der Waals surface area contributed by atoms with Gasteiger partial charge in [0.15, 0.2) is 0 Å². The lowest BCUT2D eigenvalue weighted by Gasteiger charge is -2.32. The molecule has 2 aromatic heterocycles. The molecule has 0 saturated carbocycles. The topological polar surface area (TPSA) is 82.6 Å². The first-order chi connectivity index (χ1) is 12.8. The van der Waals surface area contributed by atoms with Gasteiger partial charge in [-0.05, 0) is 37.6 Å². The van der Waals surface area contributed by atoms with Crippen molar-refractivity contribution in [3.63, 3.8) is 0 Å². The molecule has 26 heavy (non-hydrogen) atoms. The van der Waals surface area contributed by atoms with Crippen LogP contribution in [0.1, 0.15) is 29.4 Å². The van der Waals surface area contributed by atoms with Crippen LogP contribution < -0.4 is 10.1 Å². The van der Waals surface area contributed by atoms with E-state index in [0.717, 1.165) is 5.69 Å². The first kappa shape index (κ1) is 18.3. The lowest BCUT2D eigenvalue weighted by atomic mass is 10.1. The predicted molar refractivity (Wildman–Crippen MR) is 94.9 cm³/mol. The van der Waals surface area contributed by atoms with Crippen molar-refractivity contribution in [2.24, 2.45) is 0 Å². The van der Waals surface area contributed by atoms with E-state index in [2.05, 4.69) is 15.3 Å². The largest absolute Gasteiger partial charge is 0.477 e. The molecule has 1 saturated heterocycles. The van der Waals surface area contributed by atoms with Gasteiger partial charge >= 0.3 is 0 Å². The van der Waals surface area contributed by atoms with E-state index in [1.54, 1.807) is 24.5 Å². The van der Waals surface area contributed by atoms with E-state index in [0.29, 0.717) is 44.3 Å². The average molecular weight is 357 g/mol. The number of ether oxygens (including phenoxy) is 3. The zero-order chi connectivity index (χ0) is 18.2. The summed E-state index contributed by atoms with van der Waals surface area (Å²) in [5, 5.41) is 2.99. The maximum Gasteiger partial charge on any atom is 0.257 e. The Morgan fingerprint density at radius 2 is 2.15 bits per heavy atom. The molecule has 3 rings (SSSR count). The van der Waals surface area contributed by atoms with Crippen LogP contribution in [0.3, 0.4) is 0 Å². The van der Waals surface area contributed by atoms with Gasteiger partial charge in [0.2, 0.25) is 5.88 Å². The Labute approximate surface area is 152 Å². The van der Waals surface area contributed by atoms with E-state index in [-0.39, 0.29) is 18.1 Å². The highest BCUT2D eigenvalue weighted by Crippen LogP contribution is 2.17. The Hall–Kier alpha value is -2.51. The fourth-order valence-electron chi connectivity index (χ4n) is 2.79. The van der Waals surface area contributed by atoms with E-state index >= 15 is 0 Å². The second kappa shape index (κ2) is 9.26. The average Bonchev–Trinajstić information content (AvgIpc) is 2.69. The minimum Gasteiger partial charge on any atom is -0.477 e. The first-order valence-electron chi connectivity index (χ1n) is 8.76. The molecular weight excluding hydrogens is 334 g/mol. The highest BCUT2D eigenvalue weighted by molar-refractivity contribution is 5.96. The van der Waals surface area contributed by atoms with Gasteiger partial charge in [0, 0.05) is 19.0 Å². The predicted octanol–water partition coefficient (Wildman–Crippen LogP) is 1.98. The summed E-state index contributed by atoms with van der Waals surface area (Å²) in [7, 11) is 0. The third-order valence-electron chi connectivity index (χ3n) is 4.08. The van der Waals surface area contributed by atoms with Crippen molar-refractivity contribution in [2.45, 2.75) is 32.1 Å². The van der Waals surface area contributed by atoms with Crippen LogP contribution in [0.15, 0.2) is 42.7 Å². The van der Waals surface area contributed by atoms with Crippen molar-refractivity contribution < 1.29 is 19.0 Å². The molecule has 0 unspecified atom stereocenters. The number of hydrogen-bond donors (Lipinski definition) is 1. The van der Waals surface area contributed by atoms with E-state index in [1.807, 2.05) is 25.1 Å². The maximum absolute atomic E-state index is 12.7. The van der Waals surface area contributed by atoms with Crippen LogP contribution in [-0.2, 0) is 16.1 Å². The second-order valence-corrected chi connectivity index (χ2v) is 5.90. The normalized spacial score (nSPS) is 19.7. The van der Waals surface area contributed by atoms with Gasteiger partial charge in [-0.25, -0.2) is 4.98 Å². The highest BCUT2D eigenvalue weighted by Gasteiger charge is 2.29. The minimum atomic E-state index is -0.247. The van der Waals surface area contributed by atoms with Crippen molar-refractivity contribution in [1.29, 1.82) is 0 Å². The van der Waals surface area contributed by atoms with Crippen LogP contribution >= 0.6 is 0 Å². The third-order valence-corrected chi connectivity index (χ3v) is 4.08. The number of carbonyl (C=O) groups is 1. The zero-order valence-corrected chi connectivity index (χ0v) is 14.8. The molecule has 0 spiro atoms. The molecule has 1 aliphatic rings. The van der Waals surface area contributed by atoms with Gasteiger partial charge in [0.05, 0.1) is 37.7 Å². The van der Waals surface area contributed by atoms with Crippen LogP contribution in [0.25, 0.3) is 0 Å². The van der Waals surface area contributed by atoms with Gasteiger partial charge < -0.3 is 19.5 Å². The highest BCUT2D eigenvalue weighted by atomic mass is 16.5. The van der Waals surface area contributed by atoms with Crippen molar-refractivity contribution in [3.05, 3.63) is 54.0 Å². The quantitative estimate of drug-likeness (QED) is 0.816. The fraction of sp³-hybridized carbons (Fsp3) is 0.421. The summed E-state index contributed by atoms with van der Waals surface area (Å²) in [4.78, 5) is 21.1. The number of amides is 1. The van der Waals surface area contributed by atoms with Gasteiger partial charge in [-0.1, -0.05) is 6.07 Å². The van der Waals surface area contributed by atoms with Gasteiger partial charge in [-0.15, -0.1) is 0 Å². The molecule has 1 aliphatic heterocycles. The Bertz CT molecular complexity index is 711. The second-order valence-electron chi connectivity index (χ2n) is 5.90. The Morgan fingerprint density at radius 3 is 2.96 bits per heavy atom. The summed E-state index contributed by atoms with van der Waals surface area (Å²) in [5.74, 6) is 0.0821. The molecule has 7 heteroatoms. The van der Waals surface area contributed by atoms with Crippen molar-refractivity contribution >= 4 is 5.91 Å². The van der Waals surface area contributed by atoms with Crippen LogP contribution in [0.2, 0.25) is 0 Å². The number of aromatic nitrogens is 2. The molecule has 1 fully saturated rings. The number of hydrogen-bond acceptors (Lipinski definition) is 6. The SMILES string of the molecule is CCOc1ncccc1C(=O)N[C@@H]1COCC[C@H]1OCc1ccccn1. The standard InChI is InChI=1S/C19H23N3O4/c1-2-25-19-15(7-5-10-21-19)18(23)22-16-13-24-11-8-17(16)26-12-14-6-3-4-9-20-14/h3-7,9-10,16-17H,2,8,11-13H2,1H3,(H,22,23)/t16-,17-/m1/s1. The molecule has 0 aliphatic carbocycles. The Balaban J connectivity index is 1.63. The molecule has 7 nitrogen and oxygen atoms in total. The monoisotopic (exact) mass is 357 g/mol. The summed E-state index contributed by atoms with van der Waals surface area (Å²) >= 11 is 0. The van der Waals surface area contributed by atoms with E-state index in [9.17, 15) is 4.79 Å². The van der Waals surface area contributed by atoms with Crippen molar-refractivity contribution in [1.82, 2.24) is 15.3 Å². The summed E-state index contributed by atoms with van der Waals surface area (Å²) < 4.78 is 17.0. The van der Waals surface area contributed by atoms with E-state index in [1.165, 1.54) is 0 Å². The van der Waals surface area contributed by atoms with Gasteiger partial charge in [-0.2, -0.15) is 0 Å². The number of nitrogens with zero attached hydrogens (tertiary/aromatic N) is 2. The van der Waals surface area contributed by atoms with E-state index < -0.39 is 0 Å². The van der Waals surface area contributed by atoms with E-state index in [4.69, 9.17) is 14.2 Å². The Kier molecular flexibility index (Phi) is 6.51. The lowest BCUT2D eigenvalue weighted by molar-refractivity contribution is -0.0613. The fourth-order valence-corrected chi connectivity index (χ4v) is 2.79. The number of pyridine rings is 2. The Morgan fingerprint density at radius 1 is 1.27 bits per heavy atom. The molecule has 2 atom stereocenters. The molecule has 1 N–H and O–H groups in total. The molecule has 0 bridgehead atoms. The van der Waals surface area contributed by atoms with Gasteiger partial charge in [-0.3, -0.25) is 9.78 Å². The summed E-state index contributed by atoms with van der Waals surface area (Å²) in [6.07, 6.45) is 3.91. The lowest BCUT2D eigenvalue weighted by Crippen LogP contribution is -2.50. The summed E-state index contributed by atoms with van der Waals surface area (Å²) in [5.41, 5.74) is 1.26. The number of nitrogens with one attached hydrogen (secondary N) is 1. The van der Waals surface area contributed by atoms with Gasteiger partial charge in [0.25, 0.3) is 5.91 Å². The smallest absolute Gasteiger partial charge is 0.257 e. The van der Waals surface area contributed by atoms with Crippen LogP contribution in [-0.4, -0.2) is 47.8 Å². The third kappa shape index (κ3) is 4.77. The molecule has 3 heterocycles. The molecule has 138 valence electrons. The molecule has 1 amide bonds. The molecule has 2 aromatic rings. The van der Waals surface area contributed by atoms with Crippen molar-refractivity contribution in [3.8, 4) is 5.88 Å². The molecular formula is C19H23N3O4. The van der Waals surface area contributed by atoms with Crippen molar-refractivity contribution in [2.75, 3.05) is 19.8 Å². The van der Waals surface area contributed by atoms with Crippen LogP contribution in [0.5, 0.6) is 5.88 Å². The molecule has 0 radical (unpaired) electrons. The van der Waals surface area contributed by atoms with Gasteiger partial charge in [0.1, 0.15) is 5.56 Å². The summed E-state index contributed by atoms with van der Waals surface area (Å²) in [6, 6.07) is 8.87. The minimum absolute atomic E-state index is 0.137. The summed E-state index contributed by atoms with van der Waals surface area (Å²) in [6.45, 7) is 3.71. The van der Waals surface area contributed by atoms with Crippen LogP contribution in [0.4, 0.5) is 0 Å². The maximum atomic E-state index is 12.7. The molecule has 0 aromatic carbocycles. The first-order valence-corrected chi connectivity index (χ1v) is 8.76. The number of rotatable bonds is 7.